The van der Waals surface area contributed by atoms with Gasteiger partial charge in [0.05, 0.1) is 10.0 Å². The number of thioether (sulfide) groups is 1. The van der Waals surface area contributed by atoms with E-state index < -0.39 is 0 Å². The maximum atomic E-state index is 6.24. The summed E-state index contributed by atoms with van der Waals surface area (Å²) in [5.74, 6) is 0. The first-order valence-electron chi connectivity index (χ1n) is 6.25. The minimum absolute atomic E-state index is 0.275. The lowest BCUT2D eigenvalue weighted by Gasteiger charge is -2.38. The van der Waals surface area contributed by atoms with E-state index in [1.165, 1.54) is 6.42 Å². The van der Waals surface area contributed by atoms with Crippen LogP contribution in [0.2, 0.25) is 10.0 Å². The predicted molar refractivity (Wildman–Crippen MR) is 81.7 cm³/mol. The Hall–Kier alpha value is 0.110. The van der Waals surface area contributed by atoms with Gasteiger partial charge >= 0.3 is 0 Å². The summed E-state index contributed by atoms with van der Waals surface area (Å²) in [5, 5.41) is 1.69. The highest BCUT2D eigenvalue weighted by Crippen LogP contribution is 2.42. The maximum absolute atomic E-state index is 6.24. The van der Waals surface area contributed by atoms with Crippen molar-refractivity contribution in [2.45, 2.75) is 49.3 Å². The van der Waals surface area contributed by atoms with Crippen LogP contribution in [0, 0.1) is 5.41 Å². The Labute approximate surface area is 123 Å². The molecule has 1 fully saturated rings. The average molecular weight is 304 g/mol. The zero-order chi connectivity index (χ0) is 13.3. The number of halogens is 2. The lowest BCUT2D eigenvalue weighted by Crippen LogP contribution is -2.41. The van der Waals surface area contributed by atoms with E-state index in [1.807, 2.05) is 30.0 Å². The zero-order valence-electron chi connectivity index (χ0n) is 10.7. The zero-order valence-corrected chi connectivity index (χ0v) is 13.1. The first-order valence-corrected chi connectivity index (χ1v) is 7.88. The van der Waals surface area contributed by atoms with Gasteiger partial charge in [0.2, 0.25) is 0 Å². The molecule has 0 saturated heterocycles. The summed E-state index contributed by atoms with van der Waals surface area (Å²) in [6, 6.07) is 6.08. The maximum Gasteiger partial charge on any atom is 0.0603 e. The largest absolute Gasteiger partial charge is 0.327 e. The van der Waals surface area contributed by atoms with Crippen LogP contribution in [0.4, 0.5) is 0 Å². The van der Waals surface area contributed by atoms with E-state index in [0.29, 0.717) is 20.7 Å². The van der Waals surface area contributed by atoms with Crippen molar-refractivity contribution in [3.63, 3.8) is 0 Å². The molecule has 0 aliphatic heterocycles. The van der Waals surface area contributed by atoms with E-state index >= 15 is 0 Å². The van der Waals surface area contributed by atoms with Crippen molar-refractivity contribution in [1.29, 1.82) is 0 Å². The summed E-state index contributed by atoms with van der Waals surface area (Å²) in [5.41, 5.74) is 6.63. The topological polar surface area (TPSA) is 26.0 Å². The van der Waals surface area contributed by atoms with Crippen LogP contribution in [0.25, 0.3) is 0 Å². The molecule has 0 radical (unpaired) electrons. The number of benzene rings is 1. The lowest BCUT2D eigenvalue weighted by atomic mass is 9.75. The van der Waals surface area contributed by atoms with Gasteiger partial charge in [0.15, 0.2) is 0 Å². The lowest BCUT2D eigenvalue weighted by molar-refractivity contribution is 0.232. The molecular formula is C14H19Cl2NS. The van der Waals surface area contributed by atoms with Crippen molar-refractivity contribution in [2.24, 2.45) is 11.1 Å². The Balaban J connectivity index is 2.09. The van der Waals surface area contributed by atoms with Crippen LogP contribution in [0.5, 0.6) is 0 Å². The van der Waals surface area contributed by atoms with Crippen LogP contribution in [0.3, 0.4) is 0 Å². The summed E-state index contributed by atoms with van der Waals surface area (Å²) in [4.78, 5) is 1.16. The number of hydrogen-bond acceptors (Lipinski definition) is 2. The van der Waals surface area contributed by atoms with Gasteiger partial charge in [-0.2, -0.15) is 0 Å². The highest BCUT2D eigenvalue weighted by molar-refractivity contribution is 8.00. The fraction of sp³-hybridized carbons (Fsp3) is 0.571. The van der Waals surface area contributed by atoms with Crippen molar-refractivity contribution < 1.29 is 0 Å². The first-order chi connectivity index (χ1) is 8.37. The fourth-order valence-corrected chi connectivity index (χ4v) is 4.29. The summed E-state index contributed by atoms with van der Waals surface area (Å²) in [7, 11) is 0. The molecule has 1 aromatic carbocycles. The standard InChI is InChI=1S/C14H19Cl2NS/c1-14(2)6-5-12(17)13(8-14)18-9-3-4-10(15)11(16)7-9/h3-4,7,12-13H,5-6,8,17H2,1-2H3. The Morgan fingerprint density at radius 3 is 2.67 bits per heavy atom. The van der Waals surface area contributed by atoms with Gasteiger partial charge in [-0.15, -0.1) is 11.8 Å². The molecule has 0 bridgehead atoms. The van der Waals surface area contributed by atoms with Crippen molar-refractivity contribution in [2.75, 3.05) is 0 Å². The van der Waals surface area contributed by atoms with E-state index in [1.54, 1.807) is 0 Å². The van der Waals surface area contributed by atoms with Crippen molar-refractivity contribution >= 4 is 35.0 Å². The molecule has 2 atom stereocenters. The Morgan fingerprint density at radius 1 is 1.28 bits per heavy atom. The van der Waals surface area contributed by atoms with Crippen molar-refractivity contribution in [3.05, 3.63) is 28.2 Å². The number of rotatable bonds is 2. The summed E-state index contributed by atoms with van der Waals surface area (Å²) in [6.45, 7) is 4.64. The van der Waals surface area contributed by atoms with Crippen LogP contribution in [-0.2, 0) is 0 Å². The quantitative estimate of drug-likeness (QED) is 0.833. The monoisotopic (exact) mass is 303 g/mol. The minimum atomic E-state index is 0.275. The highest BCUT2D eigenvalue weighted by atomic mass is 35.5. The second-order valence-corrected chi connectivity index (χ2v) is 7.93. The molecule has 2 N–H and O–H groups in total. The van der Waals surface area contributed by atoms with Gasteiger partial charge in [-0.1, -0.05) is 37.0 Å². The fourth-order valence-electron chi connectivity index (χ4n) is 2.40. The molecule has 0 spiro atoms. The number of hydrogen-bond donors (Lipinski definition) is 1. The molecule has 1 aliphatic carbocycles. The molecular weight excluding hydrogens is 285 g/mol. The third-order valence-corrected chi connectivity index (χ3v) is 5.65. The summed E-state index contributed by atoms with van der Waals surface area (Å²) >= 11 is 13.8. The minimum Gasteiger partial charge on any atom is -0.327 e. The molecule has 0 heterocycles. The summed E-state index contributed by atoms with van der Waals surface area (Å²) < 4.78 is 0. The van der Waals surface area contributed by atoms with E-state index in [4.69, 9.17) is 28.9 Å². The Kier molecular flexibility index (Phi) is 4.53. The predicted octanol–water partition coefficient (Wildman–Crippen LogP) is 4.99. The van der Waals surface area contributed by atoms with Crippen LogP contribution >= 0.6 is 35.0 Å². The van der Waals surface area contributed by atoms with E-state index in [-0.39, 0.29) is 6.04 Å². The molecule has 0 aromatic heterocycles. The summed E-state index contributed by atoms with van der Waals surface area (Å²) in [6.07, 6.45) is 3.47. The molecule has 2 rings (SSSR count). The van der Waals surface area contributed by atoms with Crippen LogP contribution in [0.1, 0.15) is 33.1 Å². The van der Waals surface area contributed by atoms with Gasteiger partial charge in [0, 0.05) is 16.2 Å². The molecule has 100 valence electrons. The first kappa shape index (κ1) is 14.5. The van der Waals surface area contributed by atoms with E-state index in [2.05, 4.69) is 13.8 Å². The third kappa shape index (κ3) is 3.57. The Morgan fingerprint density at radius 2 is 2.00 bits per heavy atom. The van der Waals surface area contributed by atoms with E-state index in [9.17, 15) is 0 Å². The SMILES string of the molecule is CC1(C)CCC(N)C(Sc2ccc(Cl)c(Cl)c2)C1. The van der Waals surface area contributed by atoms with Gasteiger partial charge in [0.25, 0.3) is 0 Å². The van der Waals surface area contributed by atoms with Gasteiger partial charge in [0.1, 0.15) is 0 Å². The van der Waals surface area contributed by atoms with Gasteiger partial charge < -0.3 is 5.73 Å². The number of nitrogens with two attached hydrogens (primary N) is 1. The molecule has 1 aliphatic rings. The third-order valence-electron chi connectivity index (χ3n) is 3.56. The molecule has 0 amide bonds. The normalized spacial score (nSPS) is 27.2. The van der Waals surface area contributed by atoms with Crippen LogP contribution in [0.15, 0.2) is 23.1 Å². The van der Waals surface area contributed by atoms with Gasteiger partial charge in [-0.25, -0.2) is 0 Å². The molecule has 1 nitrogen and oxygen atoms in total. The van der Waals surface area contributed by atoms with Crippen molar-refractivity contribution in [3.8, 4) is 0 Å². The van der Waals surface area contributed by atoms with Crippen LogP contribution in [-0.4, -0.2) is 11.3 Å². The molecule has 18 heavy (non-hydrogen) atoms. The molecule has 1 aromatic rings. The second kappa shape index (κ2) is 5.62. The Bertz CT molecular complexity index is 434. The van der Waals surface area contributed by atoms with Gasteiger partial charge in [-0.05, 0) is 42.9 Å². The highest BCUT2D eigenvalue weighted by Gasteiger charge is 2.33. The average Bonchev–Trinajstić information content (AvgIpc) is 2.28. The second-order valence-electron chi connectivity index (χ2n) is 5.80. The molecule has 1 saturated carbocycles. The van der Waals surface area contributed by atoms with Crippen LogP contribution < -0.4 is 5.73 Å². The smallest absolute Gasteiger partial charge is 0.0603 e. The molecule has 4 heteroatoms. The van der Waals surface area contributed by atoms with E-state index in [0.717, 1.165) is 17.7 Å². The molecule has 2 unspecified atom stereocenters. The van der Waals surface area contributed by atoms with Gasteiger partial charge in [-0.3, -0.25) is 0 Å². The van der Waals surface area contributed by atoms with Crippen molar-refractivity contribution in [1.82, 2.24) is 0 Å².